The van der Waals surface area contributed by atoms with Crippen molar-refractivity contribution in [3.05, 3.63) is 29.9 Å². The molecule has 2 amide bonds. The molecule has 8 heteroatoms. The lowest BCUT2D eigenvalue weighted by Crippen LogP contribution is -2.40. The molecule has 23 heavy (non-hydrogen) atoms. The van der Waals surface area contributed by atoms with Crippen LogP contribution in [0.25, 0.3) is 0 Å². The van der Waals surface area contributed by atoms with Crippen LogP contribution in [0.4, 0.5) is 5.69 Å². The highest BCUT2D eigenvalue weighted by Gasteiger charge is 2.49. The van der Waals surface area contributed by atoms with Crippen LogP contribution in [0, 0.1) is 6.92 Å². The molecule has 2 atom stereocenters. The molecule has 2 aromatic rings. The average molecular weight is 315 g/mol. The summed E-state index contributed by atoms with van der Waals surface area (Å²) in [6, 6.07) is -0.0969. The number of amides is 2. The van der Waals surface area contributed by atoms with Gasteiger partial charge in [0, 0.05) is 26.2 Å². The van der Waals surface area contributed by atoms with Gasteiger partial charge in [0.25, 0.3) is 5.91 Å². The Morgan fingerprint density at radius 2 is 2.17 bits per heavy atom. The van der Waals surface area contributed by atoms with E-state index < -0.39 is 0 Å². The molecule has 0 saturated carbocycles. The van der Waals surface area contributed by atoms with Crippen molar-refractivity contribution in [3.63, 3.8) is 0 Å². The summed E-state index contributed by atoms with van der Waals surface area (Å²) in [6.07, 6.45) is 6.07. The first-order chi connectivity index (χ1) is 11.1. The normalized spacial score (nSPS) is 23.7. The minimum Gasteiger partial charge on any atom is -0.361 e. The topological polar surface area (TPSA) is 84.5 Å². The van der Waals surface area contributed by atoms with E-state index in [1.165, 1.54) is 6.20 Å². The van der Waals surface area contributed by atoms with Crippen molar-refractivity contribution in [2.24, 2.45) is 7.05 Å². The fraction of sp³-hybridized carbons (Fsp3) is 0.467. The predicted molar refractivity (Wildman–Crippen MR) is 79.8 cm³/mol. The molecule has 0 aliphatic carbocycles. The van der Waals surface area contributed by atoms with E-state index in [1.54, 1.807) is 27.6 Å². The largest absolute Gasteiger partial charge is 0.361 e. The van der Waals surface area contributed by atoms with Crippen LogP contribution < -0.4 is 4.90 Å². The lowest BCUT2D eigenvalue weighted by atomic mass is 10.1. The van der Waals surface area contributed by atoms with Crippen LogP contribution in [0.5, 0.6) is 0 Å². The molecule has 8 nitrogen and oxygen atoms in total. The van der Waals surface area contributed by atoms with E-state index in [4.69, 9.17) is 4.52 Å². The Bertz CT molecular complexity index is 780. The Morgan fingerprint density at radius 3 is 2.83 bits per heavy atom. The number of aromatic nitrogens is 3. The third kappa shape index (κ3) is 2.05. The van der Waals surface area contributed by atoms with Crippen LogP contribution in [-0.2, 0) is 11.8 Å². The van der Waals surface area contributed by atoms with Gasteiger partial charge in [-0.3, -0.25) is 14.3 Å². The molecule has 2 fully saturated rings. The Balaban J connectivity index is 1.61. The summed E-state index contributed by atoms with van der Waals surface area (Å²) in [4.78, 5) is 28.7. The predicted octanol–water partition coefficient (Wildman–Crippen LogP) is 0.737. The van der Waals surface area contributed by atoms with Crippen molar-refractivity contribution >= 4 is 17.5 Å². The molecule has 2 aliphatic rings. The number of hydrogen-bond acceptors (Lipinski definition) is 5. The first-order valence-corrected chi connectivity index (χ1v) is 7.59. The smallest absolute Gasteiger partial charge is 0.259 e. The van der Waals surface area contributed by atoms with Crippen molar-refractivity contribution in [2.75, 3.05) is 11.4 Å². The van der Waals surface area contributed by atoms with E-state index in [0.717, 1.165) is 12.1 Å². The summed E-state index contributed by atoms with van der Waals surface area (Å²) >= 11 is 0. The number of aryl methyl sites for hydroxylation is 2. The number of fused-ring (bicyclic) bond motifs is 1. The van der Waals surface area contributed by atoms with Gasteiger partial charge in [0.2, 0.25) is 5.91 Å². The number of rotatable bonds is 2. The summed E-state index contributed by atoms with van der Waals surface area (Å²) < 4.78 is 6.66. The Morgan fingerprint density at radius 1 is 1.35 bits per heavy atom. The van der Waals surface area contributed by atoms with Crippen molar-refractivity contribution in [2.45, 2.75) is 31.8 Å². The zero-order valence-corrected chi connectivity index (χ0v) is 13.0. The number of likely N-dealkylation sites (tertiary alicyclic amines) is 1. The Hall–Kier alpha value is -2.64. The molecule has 2 aromatic heterocycles. The Labute approximate surface area is 132 Å². The zero-order valence-electron chi connectivity index (χ0n) is 13.0. The van der Waals surface area contributed by atoms with Crippen LogP contribution >= 0.6 is 0 Å². The number of carbonyl (C=O) groups is 2. The summed E-state index contributed by atoms with van der Waals surface area (Å²) in [5.74, 6) is 0.427. The molecule has 0 aromatic carbocycles. The summed E-state index contributed by atoms with van der Waals surface area (Å²) in [5.41, 5.74) is 1.26. The first kappa shape index (κ1) is 14.0. The van der Waals surface area contributed by atoms with Crippen molar-refractivity contribution in [3.8, 4) is 0 Å². The molecule has 0 N–H and O–H groups in total. The lowest BCUT2D eigenvalue weighted by molar-refractivity contribution is -0.117. The highest BCUT2D eigenvalue weighted by Crippen LogP contribution is 2.36. The van der Waals surface area contributed by atoms with Gasteiger partial charge in [0.05, 0.1) is 30.2 Å². The fourth-order valence-electron chi connectivity index (χ4n) is 3.63. The number of anilines is 1. The molecular formula is C15H17N5O3. The van der Waals surface area contributed by atoms with Gasteiger partial charge in [-0.05, 0) is 13.3 Å². The summed E-state index contributed by atoms with van der Waals surface area (Å²) in [6.45, 7) is 2.35. The highest BCUT2D eigenvalue weighted by molar-refractivity contribution is 6.00. The van der Waals surface area contributed by atoms with Gasteiger partial charge in [0.15, 0.2) is 0 Å². The highest BCUT2D eigenvalue weighted by atomic mass is 16.5. The minimum absolute atomic E-state index is 0.0100. The average Bonchev–Trinajstić information content (AvgIpc) is 3.24. The van der Waals surface area contributed by atoms with E-state index in [2.05, 4.69) is 10.3 Å². The van der Waals surface area contributed by atoms with Crippen molar-refractivity contribution in [1.29, 1.82) is 0 Å². The van der Waals surface area contributed by atoms with Crippen LogP contribution in [0.2, 0.25) is 0 Å². The standard InChI is InChI=1S/C15H17N5O3/c1-9-11(7-17-23-9)15(22)19-4-3-12-13(19)5-14(21)20(12)10-6-16-18(2)8-10/h6-8,12-13H,3-5H2,1-2H3/t12-,13+/m1/s1. The molecule has 2 aliphatic heterocycles. The maximum absolute atomic E-state index is 12.7. The fourth-order valence-corrected chi connectivity index (χ4v) is 3.63. The maximum Gasteiger partial charge on any atom is 0.259 e. The van der Waals surface area contributed by atoms with E-state index in [-0.39, 0.29) is 23.9 Å². The van der Waals surface area contributed by atoms with Crippen LogP contribution in [0.15, 0.2) is 23.1 Å². The maximum atomic E-state index is 12.7. The van der Waals surface area contributed by atoms with Crippen molar-refractivity contribution < 1.29 is 14.1 Å². The molecule has 0 unspecified atom stereocenters. The van der Waals surface area contributed by atoms with Gasteiger partial charge in [0.1, 0.15) is 11.3 Å². The number of nitrogens with zero attached hydrogens (tertiary/aromatic N) is 5. The van der Waals surface area contributed by atoms with Gasteiger partial charge in [-0.1, -0.05) is 5.16 Å². The third-order valence-electron chi connectivity index (χ3n) is 4.71. The summed E-state index contributed by atoms with van der Waals surface area (Å²) in [7, 11) is 1.82. The second-order valence-electron chi connectivity index (χ2n) is 6.06. The van der Waals surface area contributed by atoms with Gasteiger partial charge in [-0.25, -0.2) is 0 Å². The van der Waals surface area contributed by atoms with Gasteiger partial charge in [-0.15, -0.1) is 0 Å². The quantitative estimate of drug-likeness (QED) is 0.816. The second kappa shape index (κ2) is 4.94. The molecule has 0 radical (unpaired) electrons. The number of carbonyl (C=O) groups excluding carboxylic acids is 2. The molecular weight excluding hydrogens is 298 g/mol. The van der Waals surface area contributed by atoms with Gasteiger partial charge >= 0.3 is 0 Å². The monoisotopic (exact) mass is 315 g/mol. The lowest BCUT2D eigenvalue weighted by Gasteiger charge is -2.24. The van der Waals surface area contributed by atoms with Gasteiger partial charge in [-0.2, -0.15) is 5.10 Å². The molecule has 2 saturated heterocycles. The van der Waals surface area contributed by atoms with Crippen LogP contribution in [0.3, 0.4) is 0 Å². The molecule has 4 heterocycles. The van der Waals surface area contributed by atoms with E-state index >= 15 is 0 Å². The molecule has 4 rings (SSSR count). The summed E-state index contributed by atoms with van der Waals surface area (Å²) in [5, 5.41) is 7.81. The van der Waals surface area contributed by atoms with E-state index in [9.17, 15) is 9.59 Å². The second-order valence-corrected chi connectivity index (χ2v) is 6.06. The van der Waals surface area contributed by atoms with E-state index in [0.29, 0.717) is 24.3 Å². The van der Waals surface area contributed by atoms with Crippen LogP contribution in [0.1, 0.15) is 29.0 Å². The van der Waals surface area contributed by atoms with Crippen LogP contribution in [-0.4, -0.2) is 50.3 Å². The molecule has 120 valence electrons. The first-order valence-electron chi connectivity index (χ1n) is 7.59. The SMILES string of the molecule is Cc1oncc1C(=O)N1CC[C@@H]2[C@@H]1CC(=O)N2c1cnn(C)c1. The third-order valence-corrected chi connectivity index (χ3v) is 4.71. The number of hydrogen-bond donors (Lipinski definition) is 0. The van der Waals surface area contributed by atoms with Crippen molar-refractivity contribution in [1.82, 2.24) is 19.8 Å². The van der Waals surface area contributed by atoms with Gasteiger partial charge < -0.3 is 14.3 Å². The minimum atomic E-state index is -0.114. The zero-order chi connectivity index (χ0) is 16.1. The Kier molecular flexibility index (Phi) is 3.00. The molecule has 0 bridgehead atoms. The van der Waals surface area contributed by atoms with E-state index in [1.807, 2.05) is 13.2 Å². The molecule has 0 spiro atoms.